The lowest BCUT2D eigenvalue weighted by atomic mass is 9.93. The Bertz CT molecular complexity index is 1250. The Morgan fingerprint density at radius 1 is 0.697 bits per heavy atom. The van der Waals surface area contributed by atoms with Crippen LogP contribution in [0.25, 0.3) is 11.1 Å². The van der Waals surface area contributed by atoms with E-state index in [0.29, 0.717) is 29.0 Å². The van der Waals surface area contributed by atoms with Gasteiger partial charge in [0.2, 0.25) is 0 Å². The molecule has 0 aromatic heterocycles. The van der Waals surface area contributed by atoms with Gasteiger partial charge in [0.15, 0.2) is 5.78 Å². The van der Waals surface area contributed by atoms with E-state index in [2.05, 4.69) is 0 Å². The number of para-hydroxylation sites is 1. The van der Waals surface area contributed by atoms with Gasteiger partial charge in [-0.25, -0.2) is 0 Å². The molecule has 0 bridgehead atoms. The molecule has 0 atom stereocenters. The van der Waals surface area contributed by atoms with Crippen LogP contribution in [-0.2, 0) is 19.2 Å². The molecule has 166 valence electrons. The van der Waals surface area contributed by atoms with E-state index in [1.807, 2.05) is 66.7 Å². The monoisotopic (exact) mass is 446 g/mol. The average molecular weight is 446 g/mol. The third kappa shape index (κ3) is 5.50. The van der Waals surface area contributed by atoms with Crippen LogP contribution in [0.4, 0.5) is 13.2 Å². The minimum Gasteiger partial charge on any atom is -0.488 e. The molecule has 5 heteroatoms. The topological polar surface area (TPSA) is 26.3 Å². The Morgan fingerprint density at radius 3 is 2.09 bits per heavy atom. The highest BCUT2D eigenvalue weighted by molar-refractivity contribution is 6.04. The highest BCUT2D eigenvalue weighted by atomic mass is 19.4. The zero-order valence-electron chi connectivity index (χ0n) is 17.7. The molecule has 0 unspecified atom stereocenters. The van der Waals surface area contributed by atoms with E-state index >= 15 is 0 Å². The van der Waals surface area contributed by atoms with Gasteiger partial charge in [0.1, 0.15) is 12.4 Å². The lowest BCUT2D eigenvalue weighted by Gasteiger charge is -2.15. The molecule has 0 aliphatic rings. The molecular weight excluding hydrogens is 425 g/mol. The summed E-state index contributed by atoms with van der Waals surface area (Å²) in [4.78, 5) is 13.1. The number of Topliss-reactive ketones (excluding diaryl/α,β-unsaturated/α-hetero) is 1. The van der Waals surface area contributed by atoms with Gasteiger partial charge in [-0.05, 0) is 28.8 Å². The van der Waals surface area contributed by atoms with Gasteiger partial charge in [0.05, 0.1) is 5.56 Å². The van der Waals surface area contributed by atoms with E-state index in [1.54, 1.807) is 12.1 Å². The molecule has 0 saturated carbocycles. The third-order valence-corrected chi connectivity index (χ3v) is 5.26. The van der Waals surface area contributed by atoms with E-state index in [-0.39, 0.29) is 12.2 Å². The summed E-state index contributed by atoms with van der Waals surface area (Å²) in [5.74, 6) is 0.364. The molecule has 0 spiro atoms. The Kier molecular flexibility index (Phi) is 6.59. The summed E-state index contributed by atoms with van der Waals surface area (Å²) < 4.78 is 45.2. The molecule has 0 aliphatic heterocycles. The smallest absolute Gasteiger partial charge is 0.416 e. The van der Waals surface area contributed by atoms with Crippen molar-refractivity contribution < 1.29 is 22.7 Å². The molecule has 0 heterocycles. The Morgan fingerprint density at radius 2 is 1.33 bits per heavy atom. The normalized spacial score (nSPS) is 11.2. The van der Waals surface area contributed by atoms with Gasteiger partial charge >= 0.3 is 6.18 Å². The van der Waals surface area contributed by atoms with Crippen molar-refractivity contribution in [3.63, 3.8) is 0 Å². The highest BCUT2D eigenvalue weighted by Gasteiger charge is 2.30. The number of ketones is 1. The molecule has 2 nitrogen and oxygen atoms in total. The van der Waals surface area contributed by atoms with Gasteiger partial charge < -0.3 is 4.74 Å². The third-order valence-electron chi connectivity index (χ3n) is 5.26. The maximum absolute atomic E-state index is 13.1. The molecule has 33 heavy (non-hydrogen) atoms. The van der Waals surface area contributed by atoms with Crippen LogP contribution >= 0.6 is 0 Å². The first kappa shape index (κ1) is 22.3. The Hall–Kier alpha value is -3.86. The molecule has 0 saturated heterocycles. The van der Waals surface area contributed by atoms with Crippen LogP contribution < -0.4 is 4.74 Å². The molecule has 4 rings (SSSR count). The minimum absolute atomic E-state index is 0.131. The summed E-state index contributed by atoms with van der Waals surface area (Å²) >= 11 is 0. The first-order chi connectivity index (χ1) is 15.9. The van der Waals surface area contributed by atoms with E-state index in [9.17, 15) is 18.0 Å². The number of carbonyl (C=O) groups excluding carboxylic acids is 1. The van der Waals surface area contributed by atoms with E-state index in [0.717, 1.165) is 23.3 Å². The predicted octanol–water partition coefficient (Wildman–Crippen LogP) is 7.38. The van der Waals surface area contributed by atoms with Gasteiger partial charge in [-0.3, -0.25) is 4.79 Å². The standard InChI is InChI=1S/C28H21F3O2/c29-28(30,31)22-12-8-11-21(17-22)18-26(32)24-14-5-4-13-23(24)25-15-6-7-16-27(25)33-19-20-9-2-1-3-10-20/h1-17H,18-19H2. The summed E-state index contributed by atoms with van der Waals surface area (Å²) in [5, 5.41) is 0. The molecule has 4 aromatic carbocycles. The summed E-state index contributed by atoms with van der Waals surface area (Å²) in [6.45, 7) is 0.373. The Balaban J connectivity index is 1.61. The highest BCUT2D eigenvalue weighted by Crippen LogP contribution is 2.34. The van der Waals surface area contributed by atoms with E-state index in [4.69, 9.17) is 4.74 Å². The second-order valence-corrected chi connectivity index (χ2v) is 7.61. The van der Waals surface area contributed by atoms with Crippen molar-refractivity contribution >= 4 is 5.78 Å². The second kappa shape index (κ2) is 9.74. The number of alkyl halides is 3. The van der Waals surface area contributed by atoms with Crippen LogP contribution in [0.1, 0.15) is 27.0 Å². The number of hydrogen-bond acceptors (Lipinski definition) is 2. The van der Waals surface area contributed by atoms with Gasteiger partial charge in [-0.2, -0.15) is 13.2 Å². The van der Waals surface area contributed by atoms with E-state index < -0.39 is 11.7 Å². The van der Waals surface area contributed by atoms with Gasteiger partial charge in [0.25, 0.3) is 0 Å². The number of hydrogen-bond donors (Lipinski definition) is 0. The van der Waals surface area contributed by atoms with Crippen molar-refractivity contribution in [2.24, 2.45) is 0 Å². The molecule has 0 amide bonds. The summed E-state index contributed by atoms with van der Waals surface area (Å²) in [6.07, 6.45) is -4.58. The second-order valence-electron chi connectivity index (χ2n) is 7.61. The maximum Gasteiger partial charge on any atom is 0.416 e. The van der Waals surface area contributed by atoms with Crippen LogP contribution in [0, 0.1) is 0 Å². The van der Waals surface area contributed by atoms with Crippen molar-refractivity contribution in [1.82, 2.24) is 0 Å². The lowest BCUT2D eigenvalue weighted by molar-refractivity contribution is -0.137. The van der Waals surface area contributed by atoms with Crippen LogP contribution in [0.5, 0.6) is 5.75 Å². The van der Waals surface area contributed by atoms with Crippen molar-refractivity contribution in [3.8, 4) is 16.9 Å². The first-order valence-corrected chi connectivity index (χ1v) is 10.5. The van der Waals surface area contributed by atoms with E-state index in [1.165, 1.54) is 12.1 Å². The lowest BCUT2D eigenvalue weighted by Crippen LogP contribution is -2.09. The number of benzene rings is 4. The summed E-state index contributed by atoms with van der Waals surface area (Å²) in [7, 11) is 0. The zero-order chi connectivity index (χ0) is 23.3. The zero-order valence-corrected chi connectivity index (χ0v) is 17.7. The average Bonchev–Trinajstić information content (AvgIpc) is 2.83. The van der Waals surface area contributed by atoms with Crippen molar-refractivity contribution in [2.75, 3.05) is 0 Å². The van der Waals surface area contributed by atoms with Crippen LogP contribution in [0.3, 0.4) is 0 Å². The molecular formula is C28H21F3O2. The predicted molar refractivity (Wildman–Crippen MR) is 122 cm³/mol. The number of carbonyl (C=O) groups is 1. The van der Waals surface area contributed by atoms with Crippen LogP contribution in [0.15, 0.2) is 103 Å². The largest absolute Gasteiger partial charge is 0.488 e. The minimum atomic E-state index is -4.45. The van der Waals surface area contributed by atoms with Crippen LogP contribution in [-0.4, -0.2) is 5.78 Å². The summed E-state index contributed by atoms with van der Waals surface area (Å²) in [5.41, 5.74) is 2.44. The van der Waals surface area contributed by atoms with Gasteiger partial charge in [-0.1, -0.05) is 91.0 Å². The Labute approximate surface area is 190 Å². The number of rotatable bonds is 7. The maximum atomic E-state index is 13.1. The molecule has 0 radical (unpaired) electrons. The summed E-state index contributed by atoms with van der Waals surface area (Å²) in [6, 6.07) is 29.1. The fourth-order valence-electron chi connectivity index (χ4n) is 3.65. The first-order valence-electron chi connectivity index (χ1n) is 10.5. The fourth-order valence-corrected chi connectivity index (χ4v) is 3.65. The van der Waals surface area contributed by atoms with Gasteiger partial charge in [-0.15, -0.1) is 0 Å². The SMILES string of the molecule is O=C(Cc1cccc(C(F)(F)F)c1)c1ccccc1-c1ccccc1OCc1ccccc1. The van der Waals surface area contributed by atoms with Gasteiger partial charge in [0, 0.05) is 17.5 Å². The number of halogens is 3. The quantitative estimate of drug-likeness (QED) is 0.277. The molecule has 4 aromatic rings. The van der Waals surface area contributed by atoms with Crippen molar-refractivity contribution in [3.05, 3.63) is 125 Å². The van der Waals surface area contributed by atoms with Crippen molar-refractivity contribution in [2.45, 2.75) is 19.2 Å². The molecule has 0 aliphatic carbocycles. The molecule has 0 fully saturated rings. The fraction of sp³-hybridized carbons (Fsp3) is 0.107. The number of ether oxygens (including phenoxy) is 1. The van der Waals surface area contributed by atoms with Crippen molar-refractivity contribution in [1.29, 1.82) is 0 Å². The van der Waals surface area contributed by atoms with Crippen LogP contribution in [0.2, 0.25) is 0 Å². The molecule has 0 N–H and O–H groups in total.